The molecule has 0 aromatic carbocycles. The van der Waals surface area contributed by atoms with E-state index in [0.29, 0.717) is 12.8 Å². The lowest BCUT2D eigenvalue weighted by molar-refractivity contribution is 0.0670. The van der Waals surface area contributed by atoms with E-state index in [1.54, 1.807) is 6.20 Å². The monoisotopic (exact) mass is 237 g/mol. The number of hydrogen-bond donors (Lipinski definition) is 2. The molecule has 2 N–H and O–H groups in total. The molecule has 1 fully saturated rings. The number of aliphatic hydroxyl groups is 1. The molecule has 0 radical (unpaired) electrons. The lowest BCUT2D eigenvalue weighted by atomic mass is 9.92. The highest BCUT2D eigenvalue weighted by Crippen LogP contribution is 2.27. The van der Waals surface area contributed by atoms with Crippen molar-refractivity contribution in [1.29, 1.82) is 0 Å². The Labute approximate surface area is 98.3 Å². The maximum Gasteiger partial charge on any atom is 0.341 e. The average Bonchev–Trinajstić information content (AvgIpc) is 2.30. The first kappa shape index (κ1) is 11.9. The van der Waals surface area contributed by atoms with Gasteiger partial charge in [-0.3, -0.25) is 4.79 Å². The number of carboxylic acids is 1. The number of aliphatic hydroxyl groups excluding tert-OH is 1. The fourth-order valence-electron chi connectivity index (χ4n) is 2.35. The highest BCUT2D eigenvalue weighted by Gasteiger charge is 2.26. The molecular weight excluding hydrogens is 222 g/mol. The third kappa shape index (κ3) is 2.24. The van der Waals surface area contributed by atoms with Crippen molar-refractivity contribution >= 4 is 5.97 Å². The third-order valence-electron chi connectivity index (χ3n) is 3.26. The van der Waals surface area contributed by atoms with Crippen molar-refractivity contribution in [3.8, 4) is 0 Å². The first-order chi connectivity index (χ1) is 8.11. The third-order valence-corrected chi connectivity index (χ3v) is 3.26. The molecule has 1 aliphatic rings. The summed E-state index contributed by atoms with van der Waals surface area (Å²) in [5, 5.41) is 18.7. The van der Waals surface area contributed by atoms with E-state index in [1.807, 2.05) is 0 Å². The van der Waals surface area contributed by atoms with Crippen molar-refractivity contribution in [3.63, 3.8) is 0 Å². The van der Waals surface area contributed by atoms with Gasteiger partial charge in [-0.1, -0.05) is 12.8 Å². The Hall–Kier alpha value is -1.62. The number of aromatic carboxylic acids is 1. The topological polar surface area (TPSA) is 79.5 Å². The maximum atomic E-state index is 11.9. The molecule has 0 amide bonds. The molecule has 0 spiro atoms. The summed E-state index contributed by atoms with van der Waals surface area (Å²) in [4.78, 5) is 22.8. The minimum Gasteiger partial charge on any atom is -0.477 e. The highest BCUT2D eigenvalue weighted by atomic mass is 16.4. The molecule has 2 rings (SSSR count). The summed E-state index contributed by atoms with van der Waals surface area (Å²) < 4.78 is 1.35. The van der Waals surface area contributed by atoms with E-state index in [2.05, 4.69) is 0 Å². The number of nitrogens with zero attached hydrogens (tertiary/aromatic N) is 1. The molecule has 92 valence electrons. The van der Waals surface area contributed by atoms with Gasteiger partial charge < -0.3 is 14.8 Å². The first-order valence-electron chi connectivity index (χ1n) is 5.74. The summed E-state index contributed by atoms with van der Waals surface area (Å²) in [5.41, 5.74) is -0.781. The summed E-state index contributed by atoms with van der Waals surface area (Å²) in [7, 11) is 0. The van der Waals surface area contributed by atoms with Gasteiger partial charge in [0.1, 0.15) is 5.56 Å². The molecule has 5 heteroatoms. The maximum absolute atomic E-state index is 11.9. The van der Waals surface area contributed by atoms with Gasteiger partial charge in [-0.15, -0.1) is 0 Å². The second kappa shape index (κ2) is 4.71. The van der Waals surface area contributed by atoms with E-state index in [1.165, 1.54) is 16.7 Å². The van der Waals surface area contributed by atoms with E-state index in [9.17, 15) is 14.7 Å². The molecule has 1 aromatic rings. The number of carbonyl (C=O) groups is 1. The van der Waals surface area contributed by atoms with Crippen molar-refractivity contribution in [2.24, 2.45) is 0 Å². The van der Waals surface area contributed by atoms with E-state index >= 15 is 0 Å². The van der Waals surface area contributed by atoms with Crippen LogP contribution in [-0.2, 0) is 0 Å². The number of pyridine rings is 1. The van der Waals surface area contributed by atoms with Gasteiger partial charge in [0.05, 0.1) is 12.1 Å². The van der Waals surface area contributed by atoms with Crippen LogP contribution in [0, 0.1) is 0 Å². The molecule has 1 aromatic heterocycles. The number of carboxylic acid groups (broad SMARTS) is 1. The molecule has 1 saturated carbocycles. The van der Waals surface area contributed by atoms with Gasteiger partial charge in [0.15, 0.2) is 0 Å². The Morgan fingerprint density at radius 3 is 2.71 bits per heavy atom. The molecule has 1 heterocycles. The van der Waals surface area contributed by atoms with Crippen molar-refractivity contribution in [1.82, 2.24) is 4.57 Å². The van der Waals surface area contributed by atoms with Gasteiger partial charge in [0, 0.05) is 6.20 Å². The molecule has 0 saturated heterocycles. The van der Waals surface area contributed by atoms with E-state index in [-0.39, 0.29) is 11.6 Å². The predicted octanol–water partition coefficient (Wildman–Crippen LogP) is 1.02. The smallest absolute Gasteiger partial charge is 0.341 e. The summed E-state index contributed by atoms with van der Waals surface area (Å²) >= 11 is 0. The zero-order valence-corrected chi connectivity index (χ0v) is 9.37. The highest BCUT2D eigenvalue weighted by molar-refractivity contribution is 5.86. The molecule has 0 unspecified atom stereocenters. The summed E-state index contributed by atoms with van der Waals surface area (Å²) in [6, 6.07) is 2.53. The van der Waals surface area contributed by atoms with Crippen LogP contribution in [0.15, 0.2) is 23.1 Å². The minimum atomic E-state index is -1.23. The van der Waals surface area contributed by atoms with Gasteiger partial charge in [-0.2, -0.15) is 0 Å². The Morgan fingerprint density at radius 1 is 1.35 bits per heavy atom. The number of rotatable bonds is 2. The van der Waals surface area contributed by atoms with Crippen molar-refractivity contribution in [2.45, 2.75) is 37.8 Å². The Kier molecular flexibility index (Phi) is 3.28. The summed E-state index contributed by atoms with van der Waals surface area (Å²) in [6.45, 7) is 0. The van der Waals surface area contributed by atoms with Crippen molar-refractivity contribution in [3.05, 3.63) is 34.2 Å². The fourth-order valence-corrected chi connectivity index (χ4v) is 2.35. The van der Waals surface area contributed by atoms with Crippen LogP contribution >= 0.6 is 0 Å². The Balaban J connectivity index is 2.41. The molecule has 5 nitrogen and oxygen atoms in total. The predicted molar refractivity (Wildman–Crippen MR) is 61.2 cm³/mol. The van der Waals surface area contributed by atoms with E-state index in [0.717, 1.165) is 12.8 Å². The fraction of sp³-hybridized carbons (Fsp3) is 0.500. The lowest BCUT2D eigenvalue weighted by Crippen LogP contribution is -2.36. The van der Waals surface area contributed by atoms with E-state index < -0.39 is 17.6 Å². The van der Waals surface area contributed by atoms with Gasteiger partial charge >= 0.3 is 5.97 Å². The number of hydrogen-bond acceptors (Lipinski definition) is 3. The zero-order valence-electron chi connectivity index (χ0n) is 9.37. The Morgan fingerprint density at radius 2 is 2.06 bits per heavy atom. The molecule has 0 aliphatic heterocycles. The lowest BCUT2D eigenvalue weighted by Gasteiger charge is -2.29. The largest absolute Gasteiger partial charge is 0.477 e. The van der Waals surface area contributed by atoms with Crippen LogP contribution in [0.1, 0.15) is 42.1 Å². The standard InChI is InChI=1S/C12H15NO4/c14-10-6-2-1-5-9(10)13-7-3-4-8(11(13)15)12(16)17/h3-4,7,9-10,14H,1-2,5-6H2,(H,16,17)/t9-,10+/m1/s1. The van der Waals surface area contributed by atoms with Crippen molar-refractivity contribution in [2.75, 3.05) is 0 Å². The molecule has 2 atom stereocenters. The van der Waals surface area contributed by atoms with E-state index in [4.69, 9.17) is 5.11 Å². The second-order valence-corrected chi connectivity index (χ2v) is 4.36. The van der Waals surface area contributed by atoms with Crippen LogP contribution in [0.4, 0.5) is 0 Å². The molecule has 17 heavy (non-hydrogen) atoms. The van der Waals surface area contributed by atoms with Gasteiger partial charge in [-0.05, 0) is 25.0 Å². The SMILES string of the molecule is O=C(O)c1cccn([C@@H]2CCCC[C@@H]2O)c1=O. The van der Waals surface area contributed by atoms with Crippen LogP contribution in [0.3, 0.4) is 0 Å². The molecular formula is C12H15NO4. The van der Waals surface area contributed by atoms with Crippen LogP contribution in [0.2, 0.25) is 0 Å². The number of aromatic nitrogens is 1. The normalized spacial score (nSPS) is 24.5. The summed E-state index contributed by atoms with van der Waals surface area (Å²) in [6.07, 6.45) is 4.26. The van der Waals surface area contributed by atoms with Crippen LogP contribution < -0.4 is 5.56 Å². The zero-order chi connectivity index (χ0) is 12.4. The van der Waals surface area contributed by atoms with Crippen LogP contribution in [0.5, 0.6) is 0 Å². The van der Waals surface area contributed by atoms with Gasteiger partial charge in [-0.25, -0.2) is 4.79 Å². The quantitative estimate of drug-likeness (QED) is 0.804. The minimum absolute atomic E-state index is 0.245. The average molecular weight is 237 g/mol. The second-order valence-electron chi connectivity index (χ2n) is 4.36. The molecule has 0 bridgehead atoms. The summed E-state index contributed by atoms with van der Waals surface area (Å²) in [5.74, 6) is -1.23. The van der Waals surface area contributed by atoms with Gasteiger partial charge in [0.2, 0.25) is 0 Å². The molecule has 1 aliphatic carbocycles. The van der Waals surface area contributed by atoms with Crippen molar-refractivity contribution < 1.29 is 15.0 Å². The van der Waals surface area contributed by atoms with Crippen LogP contribution in [0.25, 0.3) is 0 Å². The first-order valence-corrected chi connectivity index (χ1v) is 5.74. The van der Waals surface area contributed by atoms with Gasteiger partial charge in [0.25, 0.3) is 5.56 Å². The Bertz CT molecular complexity index is 480. The van der Waals surface area contributed by atoms with Crippen LogP contribution in [-0.4, -0.2) is 26.9 Å².